The number of hydrogen-bond acceptors (Lipinski definition) is 4. The van der Waals surface area contributed by atoms with Gasteiger partial charge in [0, 0.05) is 17.0 Å². The molecule has 0 fully saturated rings. The molecule has 1 heterocycles. The van der Waals surface area contributed by atoms with E-state index in [-0.39, 0.29) is 5.91 Å². The quantitative estimate of drug-likeness (QED) is 0.674. The van der Waals surface area contributed by atoms with Crippen molar-refractivity contribution in [3.05, 3.63) is 71.1 Å². The van der Waals surface area contributed by atoms with Crippen molar-refractivity contribution in [2.45, 2.75) is 6.92 Å². The second-order valence-corrected chi connectivity index (χ2v) is 6.36. The fourth-order valence-electron chi connectivity index (χ4n) is 2.22. The lowest BCUT2D eigenvalue weighted by atomic mass is 10.1. The number of amides is 1. The summed E-state index contributed by atoms with van der Waals surface area (Å²) in [5.41, 5.74) is 3.98. The van der Waals surface area contributed by atoms with Gasteiger partial charge in [0.1, 0.15) is 5.75 Å². The maximum Gasteiger partial charge on any atom is 0.250 e. The third kappa shape index (κ3) is 4.55. The van der Waals surface area contributed by atoms with E-state index in [1.807, 2.05) is 60.8 Å². The van der Waals surface area contributed by atoms with Crippen LogP contribution in [-0.2, 0) is 4.79 Å². The molecular weight excluding hydrogens is 332 g/mol. The van der Waals surface area contributed by atoms with Gasteiger partial charge in [-0.3, -0.25) is 10.1 Å². The van der Waals surface area contributed by atoms with Crippen LogP contribution in [0.15, 0.2) is 60.0 Å². The highest BCUT2D eigenvalue weighted by Gasteiger charge is 2.06. The Morgan fingerprint density at radius 3 is 2.52 bits per heavy atom. The Morgan fingerprint density at radius 1 is 1.12 bits per heavy atom. The number of carbonyl (C=O) groups excluding carboxylic acids is 1. The molecule has 0 aliphatic carbocycles. The van der Waals surface area contributed by atoms with Crippen LogP contribution in [0.4, 0.5) is 5.13 Å². The number of rotatable bonds is 5. The zero-order valence-corrected chi connectivity index (χ0v) is 14.8. The molecule has 1 aromatic heterocycles. The van der Waals surface area contributed by atoms with Crippen molar-refractivity contribution in [3.63, 3.8) is 0 Å². The monoisotopic (exact) mass is 350 g/mol. The zero-order chi connectivity index (χ0) is 17.6. The molecule has 126 valence electrons. The van der Waals surface area contributed by atoms with E-state index in [0.29, 0.717) is 5.13 Å². The van der Waals surface area contributed by atoms with E-state index in [9.17, 15) is 4.79 Å². The van der Waals surface area contributed by atoms with Crippen LogP contribution in [0.2, 0.25) is 0 Å². The number of hydrogen-bond donors (Lipinski definition) is 1. The van der Waals surface area contributed by atoms with Crippen molar-refractivity contribution in [3.8, 4) is 17.0 Å². The van der Waals surface area contributed by atoms with E-state index in [1.54, 1.807) is 13.2 Å². The number of carbonyl (C=O) groups is 1. The fourth-order valence-corrected chi connectivity index (χ4v) is 2.94. The minimum Gasteiger partial charge on any atom is -0.497 e. The van der Waals surface area contributed by atoms with Gasteiger partial charge in [-0.05, 0) is 42.8 Å². The normalized spacial score (nSPS) is 10.8. The topological polar surface area (TPSA) is 51.2 Å². The summed E-state index contributed by atoms with van der Waals surface area (Å²) in [6.45, 7) is 2.03. The first kappa shape index (κ1) is 16.9. The summed E-state index contributed by atoms with van der Waals surface area (Å²) in [6.07, 6.45) is 3.30. The molecular formula is C20H18N2O2S. The highest BCUT2D eigenvalue weighted by molar-refractivity contribution is 7.14. The van der Waals surface area contributed by atoms with Crippen LogP contribution >= 0.6 is 11.3 Å². The molecule has 2 aromatic carbocycles. The number of thiazole rings is 1. The average Bonchev–Trinajstić information content (AvgIpc) is 3.10. The average molecular weight is 350 g/mol. The van der Waals surface area contributed by atoms with Crippen LogP contribution in [0.1, 0.15) is 11.1 Å². The highest BCUT2D eigenvalue weighted by Crippen LogP contribution is 2.26. The predicted molar refractivity (Wildman–Crippen MR) is 103 cm³/mol. The van der Waals surface area contributed by atoms with E-state index in [2.05, 4.69) is 10.3 Å². The number of methoxy groups -OCH3 is 1. The number of anilines is 1. The first-order valence-electron chi connectivity index (χ1n) is 7.80. The third-order valence-corrected chi connectivity index (χ3v) is 4.38. The lowest BCUT2D eigenvalue weighted by molar-refractivity contribution is -0.111. The molecule has 0 spiro atoms. The molecule has 0 aliphatic heterocycles. The van der Waals surface area contributed by atoms with Gasteiger partial charge in [-0.2, -0.15) is 0 Å². The van der Waals surface area contributed by atoms with Crippen molar-refractivity contribution in [1.82, 2.24) is 4.98 Å². The molecule has 0 radical (unpaired) electrons. The summed E-state index contributed by atoms with van der Waals surface area (Å²) in [6, 6.07) is 15.6. The Bertz CT molecular complexity index is 881. The SMILES string of the molecule is COc1ccc(-c2csc(NC(=O)/C=C/c3ccc(C)cc3)n2)cc1. The standard InChI is InChI=1S/C20H18N2O2S/c1-14-3-5-15(6-4-14)7-12-19(23)22-20-21-18(13-25-20)16-8-10-17(24-2)11-9-16/h3-13H,1-2H3,(H,21,22,23)/b12-7+. The lowest BCUT2D eigenvalue weighted by Crippen LogP contribution is -2.07. The number of aromatic nitrogens is 1. The summed E-state index contributed by atoms with van der Waals surface area (Å²) in [4.78, 5) is 16.5. The van der Waals surface area contributed by atoms with Crippen molar-refractivity contribution in [2.75, 3.05) is 12.4 Å². The third-order valence-electron chi connectivity index (χ3n) is 3.62. The molecule has 0 atom stereocenters. The Kier molecular flexibility index (Phi) is 5.26. The van der Waals surface area contributed by atoms with Crippen LogP contribution < -0.4 is 10.1 Å². The molecule has 0 saturated carbocycles. The van der Waals surface area contributed by atoms with Gasteiger partial charge in [-0.25, -0.2) is 4.98 Å². The van der Waals surface area contributed by atoms with Gasteiger partial charge < -0.3 is 4.74 Å². The lowest BCUT2D eigenvalue weighted by Gasteiger charge is -2.00. The molecule has 4 nitrogen and oxygen atoms in total. The highest BCUT2D eigenvalue weighted by atomic mass is 32.1. The van der Waals surface area contributed by atoms with E-state index in [1.165, 1.54) is 23.0 Å². The Hall–Kier alpha value is -2.92. The number of ether oxygens (including phenoxy) is 1. The van der Waals surface area contributed by atoms with Crippen molar-refractivity contribution < 1.29 is 9.53 Å². The minimum absolute atomic E-state index is 0.198. The van der Waals surface area contributed by atoms with E-state index < -0.39 is 0 Å². The van der Waals surface area contributed by atoms with Gasteiger partial charge in [-0.15, -0.1) is 11.3 Å². The molecule has 3 aromatic rings. The van der Waals surface area contributed by atoms with Gasteiger partial charge in [-0.1, -0.05) is 29.8 Å². The van der Waals surface area contributed by atoms with Crippen LogP contribution in [-0.4, -0.2) is 18.0 Å². The number of nitrogens with one attached hydrogen (secondary N) is 1. The molecule has 0 aliphatic rings. The zero-order valence-electron chi connectivity index (χ0n) is 14.0. The first-order chi connectivity index (χ1) is 12.1. The smallest absolute Gasteiger partial charge is 0.250 e. The number of nitrogens with zero attached hydrogens (tertiary/aromatic N) is 1. The van der Waals surface area contributed by atoms with E-state index >= 15 is 0 Å². The van der Waals surface area contributed by atoms with Crippen molar-refractivity contribution in [2.24, 2.45) is 0 Å². The number of aryl methyl sites for hydroxylation is 1. The van der Waals surface area contributed by atoms with Gasteiger partial charge in [0.2, 0.25) is 5.91 Å². The largest absolute Gasteiger partial charge is 0.497 e. The Morgan fingerprint density at radius 2 is 1.84 bits per heavy atom. The minimum atomic E-state index is -0.198. The molecule has 5 heteroatoms. The molecule has 0 unspecified atom stereocenters. The molecule has 0 saturated heterocycles. The summed E-state index contributed by atoms with van der Waals surface area (Å²) in [7, 11) is 1.63. The Labute approximate surface area is 150 Å². The van der Waals surface area contributed by atoms with E-state index in [4.69, 9.17) is 4.74 Å². The molecule has 3 rings (SSSR count). The maximum atomic E-state index is 12.0. The van der Waals surface area contributed by atoms with Crippen LogP contribution in [0.25, 0.3) is 17.3 Å². The van der Waals surface area contributed by atoms with Gasteiger partial charge in [0.15, 0.2) is 5.13 Å². The molecule has 25 heavy (non-hydrogen) atoms. The summed E-state index contributed by atoms with van der Waals surface area (Å²) < 4.78 is 5.15. The van der Waals surface area contributed by atoms with Crippen molar-refractivity contribution in [1.29, 1.82) is 0 Å². The Balaban J connectivity index is 1.64. The molecule has 1 N–H and O–H groups in total. The van der Waals surface area contributed by atoms with Gasteiger partial charge in [0.05, 0.1) is 12.8 Å². The summed E-state index contributed by atoms with van der Waals surface area (Å²) in [5, 5.41) is 5.28. The van der Waals surface area contributed by atoms with Crippen LogP contribution in [0.3, 0.4) is 0 Å². The second kappa shape index (κ2) is 7.77. The van der Waals surface area contributed by atoms with Gasteiger partial charge in [0.25, 0.3) is 0 Å². The molecule has 1 amide bonds. The predicted octanol–water partition coefficient (Wildman–Crippen LogP) is 4.78. The van der Waals surface area contributed by atoms with Crippen LogP contribution in [0, 0.1) is 6.92 Å². The summed E-state index contributed by atoms with van der Waals surface area (Å²) in [5.74, 6) is 0.602. The van der Waals surface area contributed by atoms with E-state index in [0.717, 1.165) is 22.6 Å². The van der Waals surface area contributed by atoms with Crippen LogP contribution in [0.5, 0.6) is 5.75 Å². The second-order valence-electron chi connectivity index (χ2n) is 5.50. The fraction of sp³-hybridized carbons (Fsp3) is 0.100. The number of benzene rings is 2. The summed E-state index contributed by atoms with van der Waals surface area (Å²) >= 11 is 1.40. The van der Waals surface area contributed by atoms with Gasteiger partial charge >= 0.3 is 0 Å². The van der Waals surface area contributed by atoms with Crippen molar-refractivity contribution >= 4 is 28.5 Å². The maximum absolute atomic E-state index is 12.0. The molecule has 0 bridgehead atoms. The first-order valence-corrected chi connectivity index (χ1v) is 8.68.